The van der Waals surface area contributed by atoms with Crippen molar-refractivity contribution in [2.45, 2.75) is 39.7 Å². The van der Waals surface area contributed by atoms with Gasteiger partial charge in [-0.3, -0.25) is 4.79 Å². The van der Waals surface area contributed by atoms with Gasteiger partial charge in [0.25, 0.3) is 0 Å². The van der Waals surface area contributed by atoms with Crippen LogP contribution in [-0.2, 0) is 10.7 Å². The standard InChI is InChI=1S/C20H24F2N8O/c1-10-8-29(9-14(10)23)18-13-7-24-16(26-12(3)31)6-15(13)30(28-18)17-5-11(2)25-19(27-17)20(4,21)22/h5-7,10,14H,8-9,23H2,1-4H3,(H,24,26,31)/t10-,14-/m0/s1. The number of anilines is 2. The van der Waals surface area contributed by atoms with Crippen LogP contribution in [0.3, 0.4) is 0 Å². The first kappa shape index (κ1) is 21.0. The Hall–Kier alpha value is -3.21. The molecule has 1 amide bonds. The summed E-state index contributed by atoms with van der Waals surface area (Å²) in [6, 6.07) is 3.23. The molecular formula is C20H24F2N8O. The Morgan fingerprint density at radius 2 is 2.03 bits per heavy atom. The highest BCUT2D eigenvalue weighted by Gasteiger charge is 2.32. The molecule has 1 aliphatic heterocycles. The zero-order valence-corrected chi connectivity index (χ0v) is 17.7. The molecule has 164 valence electrons. The number of hydrogen-bond donors (Lipinski definition) is 2. The van der Waals surface area contributed by atoms with Crippen LogP contribution in [-0.4, -0.2) is 49.8 Å². The molecule has 1 saturated heterocycles. The first-order valence-electron chi connectivity index (χ1n) is 9.94. The van der Waals surface area contributed by atoms with Gasteiger partial charge in [0.15, 0.2) is 11.6 Å². The van der Waals surface area contributed by atoms with E-state index >= 15 is 0 Å². The van der Waals surface area contributed by atoms with E-state index in [1.165, 1.54) is 11.6 Å². The van der Waals surface area contributed by atoms with Gasteiger partial charge >= 0.3 is 5.92 Å². The first-order valence-corrected chi connectivity index (χ1v) is 9.94. The van der Waals surface area contributed by atoms with Gasteiger partial charge in [-0.25, -0.2) is 19.6 Å². The van der Waals surface area contributed by atoms with E-state index in [0.717, 1.165) is 6.92 Å². The number of aryl methyl sites for hydroxylation is 1. The van der Waals surface area contributed by atoms with Crippen LogP contribution in [0, 0.1) is 12.8 Å². The van der Waals surface area contributed by atoms with Crippen LogP contribution in [0.1, 0.15) is 32.3 Å². The Morgan fingerprint density at radius 3 is 2.65 bits per heavy atom. The number of nitrogens with one attached hydrogen (secondary N) is 1. The molecule has 4 rings (SSSR count). The number of nitrogens with zero attached hydrogens (tertiary/aromatic N) is 6. The van der Waals surface area contributed by atoms with Crippen LogP contribution in [0.25, 0.3) is 16.7 Å². The molecule has 31 heavy (non-hydrogen) atoms. The molecule has 0 bridgehead atoms. The Morgan fingerprint density at radius 1 is 1.29 bits per heavy atom. The van der Waals surface area contributed by atoms with Gasteiger partial charge in [-0.15, -0.1) is 5.10 Å². The molecular weight excluding hydrogens is 406 g/mol. The van der Waals surface area contributed by atoms with Crippen LogP contribution in [0.2, 0.25) is 0 Å². The number of carbonyl (C=O) groups is 1. The predicted molar refractivity (Wildman–Crippen MR) is 112 cm³/mol. The average molecular weight is 430 g/mol. The summed E-state index contributed by atoms with van der Waals surface area (Å²) in [4.78, 5) is 25.8. The number of fused-ring (bicyclic) bond motifs is 1. The molecule has 0 radical (unpaired) electrons. The molecule has 0 saturated carbocycles. The number of hydrogen-bond acceptors (Lipinski definition) is 7. The SMILES string of the molecule is CC(=O)Nc1cc2c(cn1)c(N1C[C@H](C)[C@@H](N)C1)nn2-c1cc(C)nc(C(C)(F)F)n1. The molecule has 0 unspecified atom stereocenters. The zero-order valence-electron chi connectivity index (χ0n) is 17.7. The molecule has 0 spiro atoms. The van der Waals surface area contributed by atoms with Gasteiger partial charge in [0.05, 0.1) is 10.9 Å². The van der Waals surface area contributed by atoms with E-state index in [-0.39, 0.29) is 23.7 Å². The topological polar surface area (TPSA) is 115 Å². The monoisotopic (exact) mass is 430 g/mol. The van der Waals surface area contributed by atoms with Gasteiger partial charge in [0, 0.05) is 57.0 Å². The molecule has 1 aliphatic rings. The van der Waals surface area contributed by atoms with Crippen molar-refractivity contribution in [2.75, 3.05) is 23.3 Å². The summed E-state index contributed by atoms with van der Waals surface area (Å²) < 4.78 is 29.4. The average Bonchev–Trinajstić information content (AvgIpc) is 3.20. The lowest BCUT2D eigenvalue weighted by atomic mass is 10.1. The summed E-state index contributed by atoms with van der Waals surface area (Å²) >= 11 is 0. The Kier molecular flexibility index (Phi) is 5.08. The van der Waals surface area contributed by atoms with Gasteiger partial charge in [0.2, 0.25) is 11.7 Å². The maximum Gasteiger partial charge on any atom is 0.303 e. The van der Waals surface area contributed by atoms with E-state index < -0.39 is 11.7 Å². The number of halogens is 2. The van der Waals surface area contributed by atoms with E-state index in [4.69, 9.17) is 10.8 Å². The van der Waals surface area contributed by atoms with Gasteiger partial charge in [-0.05, 0) is 12.8 Å². The van der Waals surface area contributed by atoms with Crippen LogP contribution in [0.15, 0.2) is 18.3 Å². The summed E-state index contributed by atoms with van der Waals surface area (Å²) in [5.74, 6) is -2.62. The minimum absolute atomic E-state index is 0.00140. The van der Waals surface area contributed by atoms with Crippen molar-refractivity contribution in [1.82, 2.24) is 24.7 Å². The lowest BCUT2D eigenvalue weighted by Crippen LogP contribution is -2.28. The van der Waals surface area contributed by atoms with E-state index in [1.54, 1.807) is 25.3 Å². The molecule has 3 N–H and O–H groups in total. The number of carbonyl (C=O) groups excluding carboxylic acids is 1. The maximum absolute atomic E-state index is 14.0. The normalized spacial score (nSPS) is 19.3. The first-order chi connectivity index (χ1) is 14.5. The highest BCUT2D eigenvalue weighted by Crippen LogP contribution is 2.33. The third kappa shape index (κ3) is 4.05. The highest BCUT2D eigenvalue weighted by atomic mass is 19.3. The number of alkyl halides is 2. The van der Waals surface area contributed by atoms with E-state index in [2.05, 4.69) is 32.1 Å². The van der Waals surface area contributed by atoms with Crippen molar-refractivity contribution in [2.24, 2.45) is 11.7 Å². The second-order valence-corrected chi connectivity index (χ2v) is 8.13. The van der Waals surface area contributed by atoms with Crippen LogP contribution in [0.5, 0.6) is 0 Å². The number of pyridine rings is 1. The lowest BCUT2D eigenvalue weighted by molar-refractivity contribution is -0.114. The smallest absolute Gasteiger partial charge is 0.303 e. The minimum atomic E-state index is -3.20. The lowest BCUT2D eigenvalue weighted by Gasteiger charge is -2.15. The second kappa shape index (κ2) is 7.49. The molecule has 9 nitrogen and oxygen atoms in total. The van der Waals surface area contributed by atoms with E-state index in [9.17, 15) is 13.6 Å². The molecule has 3 aromatic heterocycles. The third-order valence-electron chi connectivity index (χ3n) is 5.27. The van der Waals surface area contributed by atoms with Crippen molar-refractivity contribution in [3.05, 3.63) is 29.8 Å². The summed E-state index contributed by atoms with van der Waals surface area (Å²) in [6.07, 6.45) is 1.61. The van der Waals surface area contributed by atoms with Crippen LogP contribution >= 0.6 is 0 Å². The van der Waals surface area contributed by atoms with E-state index in [0.29, 0.717) is 41.3 Å². The third-order valence-corrected chi connectivity index (χ3v) is 5.27. The number of aromatic nitrogens is 5. The fraction of sp³-hybridized carbons (Fsp3) is 0.450. The van der Waals surface area contributed by atoms with E-state index in [1.807, 2.05) is 0 Å². The van der Waals surface area contributed by atoms with Crippen molar-refractivity contribution in [1.29, 1.82) is 0 Å². The quantitative estimate of drug-likeness (QED) is 0.653. The summed E-state index contributed by atoms with van der Waals surface area (Å²) in [6.45, 7) is 7.15. The van der Waals surface area contributed by atoms with Gasteiger partial charge in [-0.1, -0.05) is 6.92 Å². The molecule has 11 heteroatoms. The fourth-order valence-electron chi connectivity index (χ4n) is 3.67. The number of nitrogens with two attached hydrogens (primary N) is 1. The van der Waals surface area contributed by atoms with Gasteiger partial charge in [-0.2, -0.15) is 8.78 Å². The van der Waals surface area contributed by atoms with Crippen molar-refractivity contribution < 1.29 is 13.6 Å². The van der Waals surface area contributed by atoms with Crippen molar-refractivity contribution in [3.8, 4) is 5.82 Å². The highest BCUT2D eigenvalue weighted by molar-refractivity contribution is 5.95. The molecule has 2 atom stereocenters. The van der Waals surface area contributed by atoms with Crippen molar-refractivity contribution in [3.63, 3.8) is 0 Å². The summed E-state index contributed by atoms with van der Waals surface area (Å²) in [5.41, 5.74) is 7.15. The largest absolute Gasteiger partial charge is 0.353 e. The molecule has 1 fully saturated rings. The summed E-state index contributed by atoms with van der Waals surface area (Å²) in [7, 11) is 0. The van der Waals surface area contributed by atoms with Crippen LogP contribution < -0.4 is 16.0 Å². The Balaban J connectivity index is 1.92. The minimum Gasteiger partial charge on any atom is -0.353 e. The molecule has 0 aliphatic carbocycles. The second-order valence-electron chi connectivity index (χ2n) is 8.13. The number of rotatable bonds is 4. The maximum atomic E-state index is 14.0. The van der Waals surface area contributed by atoms with Gasteiger partial charge < -0.3 is 16.0 Å². The predicted octanol–water partition coefficient (Wildman–Crippen LogP) is 2.37. The number of amides is 1. The molecule has 0 aromatic carbocycles. The Bertz CT molecular complexity index is 1150. The summed E-state index contributed by atoms with van der Waals surface area (Å²) in [5, 5.41) is 8.04. The molecule has 4 heterocycles. The fourth-order valence-corrected chi connectivity index (χ4v) is 3.67. The van der Waals surface area contributed by atoms with Gasteiger partial charge in [0.1, 0.15) is 5.82 Å². The zero-order chi connectivity index (χ0) is 22.5. The Labute approximate surface area is 177 Å². The van der Waals surface area contributed by atoms with Crippen LogP contribution in [0.4, 0.5) is 20.4 Å². The van der Waals surface area contributed by atoms with Crippen molar-refractivity contribution >= 4 is 28.4 Å². The molecule has 3 aromatic rings.